The highest BCUT2D eigenvalue weighted by Crippen LogP contribution is 2.30. The molecule has 1 aliphatic heterocycles. The van der Waals surface area contributed by atoms with Crippen molar-refractivity contribution in [1.82, 2.24) is 15.0 Å². The van der Waals surface area contributed by atoms with Crippen molar-refractivity contribution in [3.8, 4) is 5.69 Å². The topological polar surface area (TPSA) is 94.1 Å². The summed E-state index contributed by atoms with van der Waals surface area (Å²) in [6.07, 6.45) is 3.67. The number of benzene rings is 2. The molecule has 1 aromatic heterocycles. The van der Waals surface area contributed by atoms with Crippen molar-refractivity contribution < 1.29 is 8.42 Å². The van der Waals surface area contributed by atoms with Crippen LogP contribution in [0.2, 0.25) is 0 Å². The van der Waals surface area contributed by atoms with Crippen LogP contribution in [0.25, 0.3) is 5.69 Å². The highest BCUT2D eigenvalue weighted by molar-refractivity contribution is 7.89. The largest absolute Gasteiger partial charge is 0.365 e. The minimum Gasteiger partial charge on any atom is -0.365 e. The summed E-state index contributed by atoms with van der Waals surface area (Å²) >= 11 is 0. The number of primary sulfonamides is 1. The number of nitrogens with two attached hydrogens (primary N) is 1. The molecule has 26 heavy (non-hydrogen) atoms. The molecule has 0 amide bonds. The third-order valence-electron chi connectivity index (χ3n) is 4.48. The summed E-state index contributed by atoms with van der Waals surface area (Å²) in [5.74, 6) is 0. The average Bonchev–Trinajstić information content (AvgIpc) is 3.10. The van der Waals surface area contributed by atoms with Gasteiger partial charge in [-0.25, -0.2) is 13.6 Å². The number of aromatic nitrogens is 3. The van der Waals surface area contributed by atoms with Gasteiger partial charge in [-0.3, -0.25) is 0 Å². The van der Waals surface area contributed by atoms with Crippen LogP contribution in [0, 0.1) is 0 Å². The second-order valence-electron chi connectivity index (χ2n) is 6.32. The predicted molar refractivity (Wildman–Crippen MR) is 98.5 cm³/mol. The van der Waals surface area contributed by atoms with Crippen molar-refractivity contribution in [1.29, 1.82) is 0 Å². The van der Waals surface area contributed by atoms with Crippen LogP contribution >= 0.6 is 0 Å². The van der Waals surface area contributed by atoms with Crippen molar-refractivity contribution >= 4 is 15.7 Å². The molecule has 0 aliphatic carbocycles. The monoisotopic (exact) mass is 369 g/mol. The second-order valence-corrected chi connectivity index (χ2v) is 7.88. The zero-order chi connectivity index (χ0) is 18.1. The van der Waals surface area contributed by atoms with Crippen molar-refractivity contribution in [2.75, 3.05) is 11.4 Å². The molecule has 0 spiro atoms. The first kappa shape index (κ1) is 16.7. The first-order valence-electron chi connectivity index (χ1n) is 8.38. The van der Waals surface area contributed by atoms with Gasteiger partial charge in [0.25, 0.3) is 0 Å². The SMILES string of the molecule is NS(=O)(=O)c1ccc2c(c1)N(Cc1cnn(-c3ccccc3)n1)CCC2. The van der Waals surface area contributed by atoms with Crippen molar-refractivity contribution in [3.63, 3.8) is 0 Å². The minimum atomic E-state index is -3.72. The van der Waals surface area contributed by atoms with Gasteiger partial charge in [0.05, 0.1) is 23.3 Å². The molecule has 0 atom stereocenters. The quantitative estimate of drug-likeness (QED) is 0.758. The van der Waals surface area contributed by atoms with Gasteiger partial charge in [0.15, 0.2) is 0 Å². The lowest BCUT2D eigenvalue weighted by molar-refractivity contribution is 0.597. The van der Waals surface area contributed by atoms with Crippen LogP contribution in [0.4, 0.5) is 5.69 Å². The maximum atomic E-state index is 11.7. The minimum absolute atomic E-state index is 0.135. The standard InChI is InChI=1S/C18H19N5O2S/c19-26(24,25)17-9-8-14-5-4-10-22(18(14)11-17)13-15-12-20-23(21-15)16-6-2-1-3-7-16/h1-3,6-9,11-12H,4-5,10,13H2,(H2,19,24,25). The van der Waals surface area contributed by atoms with Gasteiger partial charge in [-0.15, -0.1) is 0 Å². The Bertz CT molecular complexity index is 1030. The van der Waals surface area contributed by atoms with E-state index in [1.54, 1.807) is 23.1 Å². The Hall–Kier alpha value is -2.71. The molecule has 0 radical (unpaired) electrons. The average molecular weight is 369 g/mol. The maximum Gasteiger partial charge on any atom is 0.238 e. The Balaban J connectivity index is 1.62. The van der Waals surface area contributed by atoms with E-state index in [0.29, 0.717) is 6.54 Å². The van der Waals surface area contributed by atoms with Gasteiger partial charge in [-0.1, -0.05) is 24.3 Å². The van der Waals surface area contributed by atoms with Crippen LogP contribution in [0.15, 0.2) is 59.6 Å². The molecule has 0 saturated heterocycles. The van der Waals surface area contributed by atoms with Gasteiger partial charge in [0, 0.05) is 12.2 Å². The van der Waals surface area contributed by atoms with Crippen LogP contribution in [-0.4, -0.2) is 30.0 Å². The van der Waals surface area contributed by atoms with Gasteiger partial charge in [0.2, 0.25) is 10.0 Å². The summed E-state index contributed by atoms with van der Waals surface area (Å²) in [4.78, 5) is 3.87. The Morgan fingerprint density at radius 1 is 1.12 bits per heavy atom. The summed E-state index contributed by atoms with van der Waals surface area (Å²) in [7, 11) is -3.72. The lowest BCUT2D eigenvalue weighted by Crippen LogP contribution is -2.29. The molecule has 2 heterocycles. The number of para-hydroxylation sites is 1. The number of fused-ring (bicyclic) bond motifs is 1. The van der Waals surface area contributed by atoms with E-state index in [-0.39, 0.29) is 4.90 Å². The van der Waals surface area contributed by atoms with E-state index in [2.05, 4.69) is 15.1 Å². The predicted octanol–water partition coefficient (Wildman–Crippen LogP) is 1.87. The molecule has 0 fully saturated rings. The van der Waals surface area contributed by atoms with Gasteiger partial charge in [0.1, 0.15) is 5.69 Å². The molecule has 0 unspecified atom stereocenters. The fourth-order valence-electron chi connectivity index (χ4n) is 3.22. The number of anilines is 1. The first-order chi connectivity index (χ1) is 12.5. The summed E-state index contributed by atoms with van der Waals surface area (Å²) in [5.41, 5.74) is 3.74. The normalized spacial score (nSPS) is 14.3. The third-order valence-corrected chi connectivity index (χ3v) is 5.39. The smallest absolute Gasteiger partial charge is 0.238 e. The Morgan fingerprint density at radius 3 is 2.69 bits per heavy atom. The lowest BCUT2D eigenvalue weighted by atomic mass is 10.0. The van der Waals surface area contributed by atoms with Crippen LogP contribution in [0.5, 0.6) is 0 Å². The molecular weight excluding hydrogens is 350 g/mol. The van der Waals surface area contributed by atoms with E-state index >= 15 is 0 Å². The van der Waals surface area contributed by atoms with Crippen LogP contribution < -0.4 is 10.0 Å². The van der Waals surface area contributed by atoms with E-state index < -0.39 is 10.0 Å². The maximum absolute atomic E-state index is 11.7. The van der Waals surface area contributed by atoms with Crippen LogP contribution in [-0.2, 0) is 23.0 Å². The number of rotatable bonds is 4. The Kier molecular flexibility index (Phi) is 4.21. The van der Waals surface area contributed by atoms with Gasteiger partial charge in [-0.05, 0) is 42.7 Å². The van der Waals surface area contributed by atoms with E-state index in [1.165, 1.54) is 0 Å². The fourth-order valence-corrected chi connectivity index (χ4v) is 3.75. The molecule has 2 aromatic carbocycles. The number of hydrogen-bond donors (Lipinski definition) is 1. The summed E-state index contributed by atoms with van der Waals surface area (Å²) in [6, 6.07) is 14.8. The molecular formula is C18H19N5O2S. The molecule has 2 N–H and O–H groups in total. The second kappa shape index (κ2) is 6.54. The molecule has 134 valence electrons. The highest BCUT2D eigenvalue weighted by atomic mass is 32.2. The van der Waals surface area contributed by atoms with Crippen molar-refractivity contribution in [2.45, 2.75) is 24.3 Å². The zero-order valence-corrected chi connectivity index (χ0v) is 14.9. The molecule has 3 aromatic rings. The number of hydrogen-bond acceptors (Lipinski definition) is 5. The summed E-state index contributed by atoms with van der Waals surface area (Å²) in [6.45, 7) is 1.40. The van der Waals surface area contributed by atoms with E-state index in [0.717, 1.165) is 42.0 Å². The number of nitrogens with zero attached hydrogens (tertiary/aromatic N) is 4. The molecule has 8 heteroatoms. The molecule has 7 nitrogen and oxygen atoms in total. The van der Waals surface area contributed by atoms with Crippen LogP contribution in [0.1, 0.15) is 17.7 Å². The van der Waals surface area contributed by atoms with E-state index in [1.807, 2.05) is 36.4 Å². The third kappa shape index (κ3) is 3.33. The van der Waals surface area contributed by atoms with Crippen molar-refractivity contribution in [2.24, 2.45) is 5.14 Å². The van der Waals surface area contributed by atoms with Gasteiger partial charge < -0.3 is 4.90 Å². The van der Waals surface area contributed by atoms with Gasteiger partial charge >= 0.3 is 0 Å². The Labute approximate surface area is 152 Å². The Morgan fingerprint density at radius 2 is 1.92 bits per heavy atom. The van der Waals surface area contributed by atoms with E-state index in [9.17, 15) is 8.42 Å². The van der Waals surface area contributed by atoms with Crippen molar-refractivity contribution in [3.05, 3.63) is 66.0 Å². The van der Waals surface area contributed by atoms with E-state index in [4.69, 9.17) is 5.14 Å². The first-order valence-corrected chi connectivity index (χ1v) is 9.93. The summed E-state index contributed by atoms with van der Waals surface area (Å²) < 4.78 is 23.4. The van der Waals surface area contributed by atoms with Gasteiger partial charge in [-0.2, -0.15) is 15.0 Å². The zero-order valence-electron chi connectivity index (χ0n) is 14.1. The highest BCUT2D eigenvalue weighted by Gasteiger charge is 2.21. The number of sulfonamides is 1. The summed E-state index contributed by atoms with van der Waals surface area (Å²) in [5, 5.41) is 14.2. The number of aryl methyl sites for hydroxylation is 1. The molecule has 0 bridgehead atoms. The fraction of sp³-hybridized carbons (Fsp3) is 0.222. The van der Waals surface area contributed by atoms with Crippen LogP contribution in [0.3, 0.4) is 0 Å². The molecule has 1 aliphatic rings. The molecule has 0 saturated carbocycles. The molecule has 4 rings (SSSR count). The lowest BCUT2D eigenvalue weighted by Gasteiger charge is -2.31.